The number of anilines is 1. The van der Waals surface area contributed by atoms with E-state index in [-0.39, 0.29) is 41.9 Å². The van der Waals surface area contributed by atoms with Gasteiger partial charge in [-0.05, 0) is 67.7 Å². The Bertz CT molecular complexity index is 1960. The van der Waals surface area contributed by atoms with Crippen molar-refractivity contribution >= 4 is 47.2 Å². The van der Waals surface area contributed by atoms with Gasteiger partial charge < -0.3 is 39.0 Å². The summed E-state index contributed by atoms with van der Waals surface area (Å²) < 4.78 is 70.1. The molecule has 6 rings (SSSR count). The predicted molar refractivity (Wildman–Crippen MR) is 188 cm³/mol. The minimum Gasteiger partial charge on any atom is -0.462 e. The van der Waals surface area contributed by atoms with Crippen molar-refractivity contribution in [2.24, 2.45) is 11.8 Å². The second-order valence-corrected chi connectivity index (χ2v) is 16.6. The molecule has 4 N–H and O–H groups in total. The van der Waals surface area contributed by atoms with E-state index in [9.17, 15) is 32.4 Å². The highest BCUT2D eigenvalue weighted by Crippen LogP contribution is 2.40. The third-order valence-corrected chi connectivity index (χ3v) is 11.4. The van der Waals surface area contributed by atoms with Gasteiger partial charge in [-0.3, -0.25) is 9.32 Å². The molecular formula is C35H42N3O12PS. The smallest absolute Gasteiger partial charge is 0.462 e. The van der Waals surface area contributed by atoms with Gasteiger partial charge in [0.2, 0.25) is 10.0 Å². The van der Waals surface area contributed by atoms with Gasteiger partial charge in [-0.15, -0.1) is 0 Å². The molecule has 3 aliphatic rings. The van der Waals surface area contributed by atoms with Crippen LogP contribution in [0.5, 0.6) is 0 Å². The average molecular weight is 760 g/mol. The second-order valence-electron chi connectivity index (χ2n) is 13.4. The Morgan fingerprint density at radius 3 is 2.58 bits per heavy atom. The molecule has 5 atom stereocenters. The lowest BCUT2D eigenvalue weighted by Gasteiger charge is -2.33. The number of carbonyl (C=O) groups excluding carboxylic acids is 2. The summed E-state index contributed by atoms with van der Waals surface area (Å²) in [5.74, 6) is 0.208. The first-order chi connectivity index (χ1) is 24.7. The molecule has 4 heterocycles. The monoisotopic (exact) mass is 759 g/mol. The van der Waals surface area contributed by atoms with E-state index in [1.807, 2.05) is 0 Å². The van der Waals surface area contributed by atoms with Crippen LogP contribution < -0.4 is 10.6 Å². The van der Waals surface area contributed by atoms with Crippen molar-refractivity contribution in [3.05, 3.63) is 83.3 Å². The van der Waals surface area contributed by atoms with Crippen molar-refractivity contribution in [2.45, 2.75) is 63.0 Å². The molecule has 0 bridgehead atoms. The highest BCUT2D eigenvalue weighted by atomic mass is 32.2. The molecule has 3 aliphatic heterocycles. The largest absolute Gasteiger partial charge is 0.469 e. The van der Waals surface area contributed by atoms with Crippen LogP contribution in [-0.2, 0) is 44.5 Å². The molecule has 3 aromatic rings. The standard InChI is InChI=1S/C35H42N3O12PS/c1-21(2)18-38(52(44,45)25-11-12-29-27(17-25)28(33(39)36-29)16-24-10-9-22(3)48-24)19-31(50-51(41,42)43)30(15-23-7-5-4-6-8-23)37-35(40)49-32-20-47-34-26(32)13-14-46-34/h4-12,16-17,21,26,30-32,34H,13-15,18-20H2,1-3H3,(H,36,39)(H,37,40)(H2,41,42,43)/b28-16-. The summed E-state index contributed by atoms with van der Waals surface area (Å²) in [4.78, 5) is 46.2. The van der Waals surface area contributed by atoms with Crippen molar-refractivity contribution in [1.82, 2.24) is 9.62 Å². The van der Waals surface area contributed by atoms with Gasteiger partial charge in [-0.1, -0.05) is 44.2 Å². The fourth-order valence-electron chi connectivity index (χ4n) is 6.60. The number of furan rings is 1. The number of hydrogen-bond donors (Lipinski definition) is 4. The van der Waals surface area contributed by atoms with E-state index in [1.165, 1.54) is 24.3 Å². The van der Waals surface area contributed by atoms with E-state index < -0.39 is 60.9 Å². The average Bonchev–Trinajstić information content (AvgIpc) is 3.86. The molecule has 2 aromatic carbocycles. The van der Waals surface area contributed by atoms with E-state index >= 15 is 0 Å². The number of amides is 2. The van der Waals surface area contributed by atoms with Crippen LogP contribution in [0.15, 0.2) is 70.0 Å². The molecule has 17 heteroatoms. The molecular weight excluding hydrogens is 717 g/mol. The summed E-state index contributed by atoms with van der Waals surface area (Å²) in [6.45, 7) is 5.29. The quantitative estimate of drug-likeness (QED) is 0.134. The lowest BCUT2D eigenvalue weighted by molar-refractivity contribution is -0.110. The summed E-state index contributed by atoms with van der Waals surface area (Å²) in [5.41, 5.74) is 1.63. The molecule has 2 saturated heterocycles. The molecule has 1 aromatic heterocycles. The van der Waals surface area contributed by atoms with Crippen molar-refractivity contribution in [2.75, 3.05) is 31.6 Å². The first-order valence-corrected chi connectivity index (χ1v) is 19.9. The number of ether oxygens (including phenoxy) is 3. The molecule has 2 fully saturated rings. The first-order valence-electron chi connectivity index (χ1n) is 16.9. The van der Waals surface area contributed by atoms with E-state index in [0.717, 1.165) is 4.31 Å². The lowest BCUT2D eigenvalue weighted by atomic mass is 10.0. The Morgan fingerprint density at radius 2 is 1.88 bits per heavy atom. The maximum Gasteiger partial charge on any atom is 0.469 e. The van der Waals surface area contributed by atoms with Crippen LogP contribution in [-0.4, -0.2) is 85.4 Å². The summed E-state index contributed by atoms with van der Waals surface area (Å²) in [7, 11) is -9.66. The molecule has 2 amide bonds. The van der Waals surface area contributed by atoms with Crippen molar-refractivity contribution < 1.29 is 55.5 Å². The fourth-order valence-corrected chi connectivity index (χ4v) is 8.81. The zero-order chi connectivity index (χ0) is 37.2. The van der Waals surface area contributed by atoms with Crippen molar-refractivity contribution in [3.8, 4) is 0 Å². The Kier molecular flexibility index (Phi) is 11.4. The first kappa shape index (κ1) is 37.9. The number of phosphoric ester groups is 1. The van der Waals surface area contributed by atoms with E-state index in [0.29, 0.717) is 41.4 Å². The number of benzene rings is 2. The number of hydrogen-bond acceptors (Lipinski definition) is 10. The second kappa shape index (κ2) is 15.6. The van der Waals surface area contributed by atoms with Crippen LogP contribution in [0.3, 0.4) is 0 Å². The number of nitrogens with one attached hydrogen (secondary N) is 2. The van der Waals surface area contributed by atoms with Gasteiger partial charge in [-0.2, -0.15) is 4.31 Å². The van der Waals surface area contributed by atoms with Crippen LogP contribution in [0.4, 0.5) is 10.5 Å². The number of carbonyl (C=O) groups is 2. The Labute approximate surface area is 301 Å². The van der Waals surface area contributed by atoms with E-state index in [4.69, 9.17) is 23.2 Å². The van der Waals surface area contributed by atoms with Gasteiger partial charge in [0.1, 0.15) is 23.7 Å². The Morgan fingerprint density at radius 1 is 1.12 bits per heavy atom. The number of sulfonamides is 1. The van der Waals surface area contributed by atoms with Crippen LogP contribution in [0.1, 0.15) is 42.9 Å². The molecule has 0 radical (unpaired) electrons. The summed E-state index contributed by atoms with van der Waals surface area (Å²) in [6, 6.07) is 15.3. The van der Waals surface area contributed by atoms with E-state index in [1.54, 1.807) is 63.2 Å². The third kappa shape index (κ3) is 9.01. The maximum absolute atomic E-state index is 14.5. The minimum atomic E-state index is -5.25. The van der Waals surface area contributed by atoms with Gasteiger partial charge in [-0.25, -0.2) is 17.8 Å². The molecule has 0 aliphatic carbocycles. The van der Waals surface area contributed by atoms with Crippen LogP contribution in [0, 0.1) is 18.8 Å². The number of fused-ring (bicyclic) bond motifs is 2. The van der Waals surface area contributed by atoms with Crippen molar-refractivity contribution in [3.63, 3.8) is 0 Å². The van der Waals surface area contributed by atoms with Crippen LogP contribution in [0.2, 0.25) is 0 Å². The van der Waals surface area contributed by atoms with Crippen LogP contribution in [0.25, 0.3) is 11.6 Å². The highest BCUT2D eigenvalue weighted by molar-refractivity contribution is 7.89. The Hall–Kier alpha value is -3.86. The minimum absolute atomic E-state index is 0.0134. The number of aryl methyl sites for hydroxylation is 1. The summed E-state index contributed by atoms with van der Waals surface area (Å²) in [6.07, 6.45) is -1.36. The van der Waals surface area contributed by atoms with Crippen molar-refractivity contribution in [1.29, 1.82) is 0 Å². The number of nitrogens with zero attached hydrogens (tertiary/aromatic N) is 1. The maximum atomic E-state index is 14.5. The van der Waals surface area contributed by atoms with Gasteiger partial charge in [0.25, 0.3) is 5.91 Å². The van der Waals surface area contributed by atoms with Crippen LogP contribution >= 0.6 is 7.82 Å². The van der Waals surface area contributed by atoms with E-state index in [2.05, 4.69) is 10.6 Å². The van der Waals surface area contributed by atoms with Gasteiger partial charge in [0, 0.05) is 24.3 Å². The molecule has 5 unspecified atom stereocenters. The van der Waals surface area contributed by atoms with Gasteiger partial charge in [0.05, 0.1) is 35.6 Å². The summed E-state index contributed by atoms with van der Waals surface area (Å²) in [5, 5.41) is 5.44. The molecule has 280 valence electrons. The molecule has 15 nitrogen and oxygen atoms in total. The molecule has 52 heavy (non-hydrogen) atoms. The normalized spacial score (nSPS) is 22.0. The third-order valence-electron chi connectivity index (χ3n) is 8.98. The SMILES string of the molecule is Cc1ccc(/C=C2\C(=O)Nc3ccc(S(=O)(=O)N(CC(C)C)CC(OP(=O)(O)O)C(Cc4ccccc4)NC(=O)OC4COC5OCCC45)cc32)o1. The van der Waals surface area contributed by atoms with Gasteiger partial charge in [0.15, 0.2) is 6.29 Å². The Balaban J connectivity index is 1.32. The summed E-state index contributed by atoms with van der Waals surface area (Å²) >= 11 is 0. The number of rotatable bonds is 14. The topological polar surface area (TPSA) is 203 Å². The highest BCUT2D eigenvalue weighted by Gasteiger charge is 2.44. The number of phosphoric acid groups is 1. The number of alkyl carbamates (subject to hydrolysis) is 1. The molecule has 0 saturated carbocycles. The lowest BCUT2D eigenvalue weighted by Crippen LogP contribution is -2.52. The molecule has 0 spiro atoms. The zero-order valence-electron chi connectivity index (χ0n) is 28.8. The van der Waals surface area contributed by atoms with Gasteiger partial charge >= 0.3 is 13.9 Å². The predicted octanol–water partition coefficient (Wildman–Crippen LogP) is 4.30. The zero-order valence-corrected chi connectivity index (χ0v) is 30.5. The fraction of sp³-hybridized carbons (Fsp3) is 0.429.